The predicted molar refractivity (Wildman–Crippen MR) is 105 cm³/mol. The van der Waals surface area contributed by atoms with Gasteiger partial charge in [-0.05, 0) is 38.1 Å². The predicted octanol–water partition coefficient (Wildman–Crippen LogP) is 1.99. The Bertz CT molecular complexity index is 524. The van der Waals surface area contributed by atoms with E-state index < -0.39 is 0 Å². The molecule has 0 radical (unpaired) electrons. The van der Waals surface area contributed by atoms with Gasteiger partial charge in [-0.3, -0.25) is 9.69 Å². The van der Waals surface area contributed by atoms with E-state index in [0.717, 1.165) is 31.9 Å². The van der Waals surface area contributed by atoms with Crippen LogP contribution >= 0.6 is 24.8 Å². The van der Waals surface area contributed by atoms with Gasteiger partial charge in [0.15, 0.2) is 0 Å². The minimum atomic E-state index is -0.219. The van der Waals surface area contributed by atoms with Crippen LogP contribution in [0.15, 0.2) is 24.3 Å². The molecule has 2 rings (SSSR count). The highest BCUT2D eigenvalue weighted by molar-refractivity contribution is 5.85. The Kier molecular flexibility index (Phi) is 10.3. The van der Waals surface area contributed by atoms with Crippen molar-refractivity contribution >= 4 is 36.4 Å². The van der Waals surface area contributed by atoms with Crippen molar-refractivity contribution in [3.05, 3.63) is 30.1 Å². The van der Waals surface area contributed by atoms with E-state index in [2.05, 4.69) is 9.80 Å². The Morgan fingerprint density at radius 3 is 2.16 bits per heavy atom. The lowest BCUT2D eigenvalue weighted by Gasteiger charge is -2.40. The third kappa shape index (κ3) is 5.99. The molecule has 0 spiro atoms. The molecule has 1 aliphatic heterocycles. The number of carbonyl (C=O) groups excluding carboxylic acids is 1. The van der Waals surface area contributed by atoms with Crippen LogP contribution in [0.2, 0.25) is 0 Å². The summed E-state index contributed by atoms with van der Waals surface area (Å²) >= 11 is 0. The zero-order chi connectivity index (χ0) is 17.0. The van der Waals surface area contributed by atoms with Crippen molar-refractivity contribution in [2.75, 3.05) is 44.7 Å². The maximum Gasteiger partial charge on any atom is 0.239 e. The average molecular weight is 395 g/mol. The van der Waals surface area contributed by atoms with Crippen molar-refractivity contribution in [2.45, 2.75) is 25.9 Å². The van der Waals surface area contributed by atoms with Crippen molar-refractivity contribution in [2.24, 2.45) is 5.73 Å². The molecule has 0 saturated carbocycles. The summed E-state index contributed by atoms with van der Waals surface area (Å²) in [7, 11) is 1.81. The fraction of sp³-hybridized carbons (Fsp3) is 0.588. The molecule has 1 aromatic rings. The summed E-state index contributed by atoms with van der Waals surface area (Å²) in [6.45, 7) is 7.67. The van der Waals surface area contributed by atoms with Crippen LogP contribution in [0.5, 0.6) is 0 Å². The highest BCUT2D eigenvalue weighted by Crippen LogP contribution is 2.18. The molecule has 1 fully saturated rings. The number of hydrogen-bond donors (Lipinski definition) is 1. The minimum absolute atomic E-state index is 0. The van der Waals surface area contributed by atoms with Gasteiger partial charge < -0.3 is 15.5 Å². The van der Waals surface area contributed by atoms with Crippen LogP contribution in [0.3, 0.4) is 0 Å². The Hall–Kier alpha value is -1.08. The Morgan fingerprint density at radius 2 is 1.68 bits per heavy atom. The monoisotopic (exact) mass is 394 g/mol. The summed E-state index contributed by atoms with van der Waals surface area (Å²) in [5.41, 5.74) is 6.67. The van der Waals surface area contributed by atoms with E-state index in [-0.39, 0.29) is 48.6 Å². The lowest BCUT2D eigenvalue weighted by Crippen LogP contribution is -2.55. The quantitative estimate of drug-likeness (QED) is 0.829. The molecule has 1 heterocycles. The molecule has 25 heavy (non-hydrogen) atoms. The number of amides is 1. The van der Waals surface area contributed by atoms with Crippen molar-refractivity contribution in [1.29, 1.82) is 0 Å². The van der Waals surface area contributed by atoms with Crippen LogP contribution < -0.4 is 10.6 Å². The lowest BCUT2D eigenvalue weighted by atomic mass is 10.1. The summed E-state index contributed by atoms with van der Waals surface area (Å²) < 4.78 is 13.0. The molecule has 2 N–H and O–H groups in total. The summed E-state index contributed by atoms with van der Waals surface area (Å²) in [6, 6.07) is 6.47. The van der Waals surface area contributed by atoms with Crippen molar-refractivity contribution in [3.8, 4) is 0 Å². The molecule has 1 aliphatic rings. The van der Waals surface area contributed by atoms with Crippen LogP contribution in [0, 0.1) is 5.82 Å². The van der Waals surface area contributed by atoms with Crippen LogP contribution in [0.4, 0.5) is 10.1 Å². The maximum atomic E-state index is 13.0. The first-order valence-electron chi connectivity index (χ1n) is 8.15. The Labute approximate surface area is 162 Å². The van der Waals surface area contributed by atoms with E-state index >= 15 is 0 Å². The SMILES string of the molecule is CC(C(=O)N(C)C(C)CN)N1CCN(c2ccc(F)cc2)CC1.Cl.Cl. The average Bonchev–Trinajstić information content (AvgIpc) is 2.60. The number of likely N-dealkylation sites (N-methyl/N-ethyl adjacent to an activating group) is 1. The molecule has 5 nitrogen and oxygen atoms in total. The van der Waals surface area contributed by atoms with Crippen molar-refractivity contribution in [3.63, 3.8) is 0 Å². The van der Waals surface area contributed by atoms with E-state index in [1.807, 2.05) is 20.9 Å². The van der Waals surface area contributed by atoms with E-state index in [4.69, 9.17) is 5.73 Å². The highest BCUT2D eigenvalue weighted by atomic mass is 35.5. The smallest absolute Gasteiger partial charge is 0.239 e. The molecule has 1 saturated heterocycles. The molecular weight excluding hydrogens is 366 g/mol. The third-order valence-corrected chi connectivity index (χ3v) is 4.76. The van der Waals surface area contributed by atoms with Gasteiger partial charge in [0.2, 0.25) is 5.91 Å². The third-order valence-electron chi connectivity index (χ3n) is 4.76. The van der Waals surface area contributed by atoms with Gasteiger partial charge in [0, 0.05) is 51.5 Å². The van der Waals surface area contributed by atoms with E-state index in [9.17, 15) is 9.18 Å². The van der Waals surface area contributed by atoms with E-state index in [0.29, 0.717) is 6.54 Å². The van der Waals surface area contributed by atoms with Gasteiger partial charge >= 0.3 is 0 Å². The van der Waals surface area contributed by atoms with Gasteiger partial charge in [-0.2, -0.15) is 0 Å². The first kappa shape index (κ1) is 23.9. The number of halogens is 3. The van der Waals surface area contributed by atoms with Crippen LogP contribution in [-0.4, -0.2) is 67.6 Å². The Morgan fingerprint density at radius 1 is 1.16 bits per heavy atom. The summed E-state index contributed by atoms with van der Waals surface area (Å²) in [6.07, 6.45) is 0. The van der Waals surface area contributed by atoms with Gasteiger partial charge in [-0.25, -0.2) is 4.39 Å². The molecule has 0 aromatic heterocycles. The molecule has 0 bridgehead atoms. The van der Waals surface area contributed by atoms with Gasteiger partial charge in [0.25, 0.3) is 0 Å². The molecular formula is C17H29Cl2FN4O. The standard InChI is InChI=1S/C17H27FN4O.2ClH/c1-13(12-19)20(3)17(23)14(2)21-8-10-22(11-9-21)16-6-4-15(18)5-7-16;;/h4-7,13-14H,8-12,19H2,1-3H3;2*1H. The van der Waals surface area contributed by atoms with Crippen molar-refractivity contribution < 1.29 is 9.18 Å². The molecule has 0 aliphatic carbocycles. The molecule has 1 amide bonds. The number of benzene rings is 1. The minimum Gasteiger partial charge on any atom is -0.369 e. The number of piperazine rings is 1. The topological polar surface area (TPSA) is 52.8 Å². The second-order valence-corrected chi connectivity index (χ2v) is 6.21. The number of nitrogens with two attached hydrogens (primary N) is 1. The molecule has 1 aromatic carbocycles. The summed E-state index contributed by atoms with van der Waals surface area (Å²) in [4.78, 5) is 18.7. The highest BCUT2D eigenvalue weighted by Gasteiger charge is 2.28. The normalized spacial score (nSPS) is 17.1. The largest absolute Gasteiger partial charge is 0.369 e. The van der Waals surface area contributed by atoms with Gasteiger partial charge in [0.1, 0.15) is 5.82 Å². The summed E-state index contributed by atoms with van der Waals surface area (Å²) in [5.74, 6) is -0.109. The molecule has 2 unspecified atom stereocenters. The van der Waals surface area contributed by atoms with Gasteiger partial charge in [-0.15, -0.1) is 24.8 Å². The van der Waals surface area contributed by atoms with Gasteiger partial charge in [0.05, 0.1) is 6.04 Å². The number of rotatable bonds is 5. The van der Waals surface area contributed by atoms with Crippen molar-refractivity contribution in [1.82, 2.24) is 9.80 Å². The summed E-state index contributed by atoms with van der Waals surface area (Å²) in [5, 5.41) is 0. The zero-order valence-electron chi connectivity index (χ0n) is 15.0. The fourth-order valence-electron chi connectivity index (χ4n) is 2.85. The first-order chi connectivity index (χ1) is 10.9. The van der Waals surface area contributed by atoms with E-state index in [1.165, 1.54) is 12.1 Å². The van der Waals surface area contributed by atoms with Crippen LogP contribution in [0.25, 0.3) is 0 Å². The fourth-order valence-corrected chi connectivity index (χ4v) is 2.85. The number of carbonyl (C=O) groups is 1. The first-order valence-corrected chi connectivity index (χ1v) is 8.15. The van der Waals surface area contributed by atoms with Crippen LogP contribution in [0.1, 0.15) is 13.8 Å². The molecule has 2 atom stereocenters. The lowest BCUT2D eigenvalue weighted by molar-refractivity contribution is -0.136. The second-order valence-electron chi connectivity index (χ2n) is 6.21. The number of anilines is 1. The molecule has 8 heteroatoms. The Balaban J connectivity index is 0.00000288. The molecule has 144 valence electrons. The number of hydrogen-bond acceptors (Lipinski definition) is 4. The van der Waals surface area contributed by atoms with Crippen LogP contribution in [-0.2, 0) is 4.79 Å². The van der Waals surface area contributed by atoms with Gasteiger partial charge in [-0.1, -0.05) is 0 Å². The zero-order valence-corrected chi connectivity index (χ0v) is 16.7. The maximum absolute atomic E-state index is 13.0. The van der Waals surface area contributed by atoms with E-state index in [1.54, 1.807) is 17.0 Å². The number of nitrogens with zero attached hydrogens (tertiary/aromatic N) is 3. The second kappa shape index (κ2) is 10.8.